The van der Waals surface area contributed by atoms with Crippen LogP contribution in [0.3, 0.4) is 0 Å². The van der Waals surface area contributed by atoms with Gasteiger partial charge in [0.2, 0.25) is 0 Å². The van der Waals surface area contributed by atoms with Crippen LogP contribution in [0.4, 0.5) is 0 Å². The number of thiophene rings is 1. The van der Waals surface area contributed by atoms with Crippen molar-refractivity contribution in [2.75, 3.05) is 6.54 Å². The molecule has 5 nitrogen and oxygen atoms in total. The number of nitrogens with zero attached hydrogens (tertiary/aromatic N) is 1. The number of rotatable bonds is 4. The summed E-state index contributed by atoms with van der Waals surface area (Å²) >= 11 is 6.72. The summed E-state index contributed by atoms with van der Waals surface area (Å²) in [5, 5.41) is 9.31. The minimum Gasteiger partial charge on any atom is -0.480 e. The molecule has 1 N–H and O–H groups in total. The fraction of sp³-hybridized carbons (Fsp3) is 0.583. The van der Waals surface area contributed by atoms with E-state index in [-0.39, 0.29) is 16.7 Å². The van der Waals surface area contributed by atoms with Gasteiger partial charge in [-0.25, -0.2) is 8.42 Å². The van der Waals surface area contributed by atoms with Gasteiger partial charge >= 0.3 is 5.97 Å². The molecule has 1 aliphatic heterocycles. The second-order valence-corrected chi connectivity index (χ2v) is 8.66. The highest BCUT2D eigenvalue weighted by atomic mass is 35.5. The topological polar surface area (TPSA) is 74.7 Å². The molecule has 2 unspecified atom stereocenters. The molecule has 2 heterocycles. The summed E-state index contributed by atoms with van der Waals surface area (Å²) in [6, 6.07) is 1.94. The van der Waals surface area contributed by atoms with Crippen molar-refractivity contribution in [1.82, 2.24) is 4.31 Å². The molecule has 112 valence electrons. The maximum Gasteiger partial charge on any atom is 0.322 e. The fourth-order valence-corrected chi connectivity index (χ4v) is 5.67. The standard InChI is InChI=1S/C12H16ClNO4S2/c1-2-8-5-6-14(9(7-8)12(15)16)20(17,18)11-4-3-10(13)19-11/h3-4,8-9H,2,5-7H2,1H3,(H,15,16). The zero-order valence-electron chi connectivity index (χ0n) is 11.0. The van der Waals surface area contributed by atoms with Gasteiger partial charge in [0.15, 0.2) is 0 Å². The number of aliphatic carboxylic acids is 1. The molecule has 0 radical (unpaired) electrons. The smallest absolute Gasteiger partial charge is 0.322 e. The van der Waals surface area contributed by atoms with E-state index in [1.165, 1.54) is 12.1 Å². The number of halogens is 1. The molecule has 0 aromatic carbocycles. The average molecular weight is 338 g/mol. The van der Waals surface area contributed by atoms with Crippen molar-refractivity contribution >= 4 is 38.9 Å². The zero-order chi connectivity index (χ0) is 14.9. The quantitative estimate of drug-likeness (QED) is 0.916. The Balaban J connectivity index is 2.32. The summed E-state index contributed by atoms with van der Waals surface area (Å²) in [5.74, 6) is -0.830. The first-order valence-corrected chi connectivity index (χ1v) is 8.99. The Morgan fingerprint density at radius 2 is 2.25 bits per heavy atom. The Morgan fingerprint density at radius 3 is 2.75 bits per heavy atom. The molecule has 20 heavy (non-hydrogen) atoms. The molecule has 0 spiro atoms. The Hall–Kier alpha value is -0.630. The lowest BCUT2D eigenvalue weighted by Gasteiger charge is -2.35. The number of carbonyl (C=O) groups is 1. The molecule has 8 heteroatoms. The van der Waals surface area contributed by atoms with Crippen LogP contribution in [-0.2, 0) is 14.8 Å². The molecule has 1 saturated heterocycles. The van der Waals surface area contributed by atoms with Crippen molar-refractivity contribution in [2.45, 2.75) is 36.4 Å². The van der Waals surface area contributed by atoms with Crippen molar-refractivity contribution in [3.63, 3.8) is 0 Å². The lowest BCUT2D eigenvalue weighted by molar-refractivity contribution is -0.143. The Kier molecular flexibility index (Phi) is 4.73. The van der Waals surface area contributed by atoms with E-state index in [1.54, 1.807) is 0 Å². The van der Waals surface area contributed by atoms with Crippen LogP contribution >= 0.6 is 22.9 Å². The third-order valence-corrected chi connectivity index (χ3v) is 7.24. The molecule has 1 aromatic heterocycles. The van der Waals surface area contributed by atoms with E-state index >= 15 is 0 Å². The molecule has 1 aliphatic rings. The fourth-order valence-electron chi connectivity index (χ4n) is 2.45. The van der Waals surface area contributed by atoms with E-state index in [4.69, 9.17) is 11.6 Å². The van der Waals surface area contributed by atoms with Gasteiger partial charge < -0.3 is 5.11 Å². The second-order valence-electron chi connectivity index (χ2n) is 4.83. The van der Waals surface area contributed by atoms with Crippen molar-refractivity contribution in [3.05, 3.63) is 16.5 Å². The predicted octanol–water partition coefficient (Wildman–Crippen LogP) is 2.67. The summed E-state index contributed by atoms with van der Waals surface area (Å²) in [5.41, 5.74) is 0. The van der Waals surface area contributed by atoms with Crippen molar-refractivity contribution < 1.29 is 18.3 Å². The minimum absolute atomic E-state index is 0.101. The Labute approximate surface area is 127 Å². The van der Waals surface area contributed by atoms with Gasteiger partial charge in [0.05, 0.1) is 4.34 Å². The highest BCUT2D eigenvalue weighted by molar-refractivity contribution is 7.91. The zero-order valence-corrected chi connectivity index (χ0v) is 13.3. The lowest BCUT2D eigenvalue weighted by atomic mass is 9.90. The van der Waals surface area contributed by atoms with Gasteiger partial charge in [-0.15, -0.1) is 11.3 Å². The number of sulfonamides is 1. The van der Waals surface area contributed by atoms with Crippen molar-refractivity contribution in [3.8, 4) is 0 Å². The first-order chi connectivity index (χ1) is 9.36. The molecular weight excluding hydrogens is 322 g/mol. The normalized spacial score (nSPS) is 24.7. The molecule has 0 bridgehead atoms. The molecule has 0 saturated carbocycles. The average Bonchev–Trinajstić information content (AvgIpc) is 2.85. The van der Waals surface area contributed by atoms with Crippen LogP contribution in [0.2, 0.25) is 4.34 Å². The van der Waals surface area contributed by atoms with Crippen LogP contribution in [0, 0.1) is 5.92 Å². The van der Waals surface area contributed by atoms with Gasteiger partial charge in [-0.2, -0.15) is 4.31 Å². The Morgan fingerprint density at radius 1 is 1.55 bits per heavy atom. The third kappa shape index (κ3) is 3.00. The van der Waals surface area contributed by atoms with E-state index in [9.17, 15) is 18.3 Å². The van der Waals surface area contributed by atoms with E-state index in [0.717, 1.165) is 22.1 Å². The van der Waals surface area contributed by atoms with Crippen molar-refractivity contribution in [1.29, 1.82) is 0 Å². The lowest BCUT2D eigenvalue weighted by Crippen LogP contribution is -2.49. The predicted molar refractivity (Wildman–Crippen MR) is 77.7 cm³/mol. The van der Waals surface area contributed by atoms with Gasteiger partial charge in [0.25, 0.3) is 10.0 Å². The largest absolute Gasteiger partial charge is 0.480 e. The number of hydrogen-bond acceptors (Lipinski definition) is 4. The number of piperidine rings is 1. The van der Waals surface area contributed by atoms with Gasteiger partial charge in [-0.1, -0.05) is 24.9 Å². The maximum absolute atomic E-state index is 12.5. The molecule has 2 rings (SSSR count). The Bertz CT molecular complexity index is 598. The number of hydrogen-bond donors (Lipinski definition) is 1. The van der Waals surface area contributed by atoms with E-state index in [0.29, 0.717) is 17.2 Å². The maximum atomic E-state index is 12.5. The molecule has 2 atom stereocenters. The number of carboxylic acid groups (broad SMARTS) is 1. The highest BCUT2D eigenvalue weighted by Crippen LogP contribution is 2.33. The first-order valence-electron chi connectivity index (χ1n) is 6.36. The van der Waals surface area contributed by atoms with E-state index in [2.05, 4.69) is 0 Å². The van der Waals surface area contributed by atoms with Gasteiger partial charge in [-0.3, -0.25) is 4.79 Å². The van der Waals surface area contributed by atoms with Crippen LogP contribution in [0.1, 0.15) is 26.2 Å². The monoisotopic (exact) mass is 337 g/mol. The first kappa shape index (κ1) is 15.8. The van der Waals surface area contributed by atoms with Gasteiger partial charge in [-0.05, 0) is 30.9 Å². The summed E-state index contributed by atoms with van der Waals surface area (Å²) in [6.07, 6.45) is 1.92. The molecule has 0 aliphatic carbocycles. The molecule has 1 fully saturated rings. The summed E-state index contributed by atoms with van der Waals surface area (Å²) in [7, 11) is -3.78. The van der Waals surface area contributed by atoms with Crippen LogP contribution in [0.25, 0.3) is 0 Å². The van der Waals surface area contributed by atoms with Gasteiger partial charge in [0.1, 0.15) is 10.3 Å². The van der Waals surface area contributed by atoms with E-state index in [1.807, 2.05) is 6.92 Å². The second kappa shape index (κ2) is 6.01. The van der Waals surface area contributed by atoms with Crippen LogP contribution in [0.15, 0.2) is 16.3 Å². The summed E-state index contributed by atoms with van der Waals surface area (Å²) in [4.78, 5) is 11.4. The molecular formula is C12H16ClNO4S2. The minimum atomic E-state index is -3.78. The number of carboxylic acids is 1. The van der Waals surface area contributed by atoms with Crippen LogP contribution < -0.4 is 0 Å². The van der Waals surface area contributed by atoms with Crippen LogP contribution in [0.5, 0.6) is 0 Å². The molecule has 0 amide bonds. The SMILES string of the molecule is CCC1CCN(S(=O)(=O)c2ccc(Cl)s2)C(C(=O)O)C1. The van der Waals surface area contributed by atoms with Crippen molar-refractivity contribution in [2.24, 2.45) is 5.92 Å². The van der Waals surface area contributed by atoms with Crippen LogP contribution in [-0.4, -0.2) is 36.4 Å². The summed E-state index contributed by atoms with van der Waals surface area (Å²) in [6.45, 7) is 2.24. The highest BCUT2D eigenvalue weighted by Gasteiger charge is 2.40. The van der Waals surface area contributed by atoms with E-state index < -0.39 is 22.0 Å². The molecule has 1 aromatic rings. The third-order valence-electron chi connectivity index (χ3n) is 3.64. The summed E-state index contributed by atoms with van der Waals surface area (Å²) < 4.78 is 26.6. The van der Waals surface area contributed by atoms with Gasteiger partial charge in [0, 0.05) is 6.54 Å².